The molecular weight excluding hydrogens is 377 g/mol. The Morgan fingerprint density at radius 1 is 1.10 bits per heavy atom. The lowest BCUT2D eigenvalue weighted by Gasteiger charge is -2.19. The summed E-state index contributed by atoms with van der Waals surface area (Å²) in [5, 5.41) is 12.6. The summed E-state index contributed by atoms with van der Waals surface area (Å²) in [4.78, 5) is 12.2. The monoisotopic (exact) mass is 395 g/mol. The molecule has 0 aliphatic rings. The predicted molar refractivity (Wildman–Crippen MR) is 93.9 cm³/mol. The highest BCUT2D eigenvalue weighted by atomic mass is 127. The van der Waals surface area contributed by atoms with Crippen LogP contribution in [0.3, 0.4) is 0 Å². The molecule has 0 radical (unpaired) electrons. The van der Waals surface area contributed by atoms with Gasteiger partial charge in [-0.25, -0.2) is 0 Å². The number of benzene rings is 2. The Bertz CT molecular complexity index is 657. The first-order valence-corrected chi connectivity index (χ1v) is 7.75. The second-order valence-corrected chi connectivity index (χ2v) is 7.19. The molecule has 110 valence electrons. The van der Waals surface area contributed by atoms with Crippen LogP contribution in [0.5, 0.6) is 5.75 Å². The van der Waals surface area contributed by atoms with Crippen LogP contribution in [0.4, 0.5) is 5.69 Å². The summed E-state index contributed by atoms with van der Waals surface area (Å²) in [6.45, 7) is 6.43. The molecular formula is C17H18INO2. The van der Waals surface area contributed by atoms with Crippen LogP contribution >= 0.6 is 22.6 Å². The SMILES string of the molecule is CC(C)(C)c1ccc(NC(=O)c2cc(I)ccc2O)cc1. The van der Waals surface area contributed by atoms with Crippen LogP contribution in [-0.2, 0) is 5.41 Å². The largest absolute Gasteiger partial charge is 0.507 e. The standard InChI is InChI=1S/C17H18INO2/c1-17(2,3)11-4-7-13(8-5-11)19-16(21)14-10-12(18)6-9-15(14)20/h4-10,20H,1-3H3,(H,19,21). The van der Waals surface area contributed by atoms with Gasteiger partial charge in [-0.2, -0.15) is 0 Å². The fourth-order valence-corrected chi connectivity index (χ4v) is 2.43. The van der Waals surface area contributed by atoms with Crippen molar-refractivity contribution >= 4 is 34.2 Å². The van der Waals surface area contributed by atoms with Crippen LogP contribution in [0.2, 0.25) is 0 Å². The van der Waals surface area contributed by atoms with Crippen LogP contribution in [0.1, 0.15) is 36.7 Å². The minimum atomic E-state index is -0.311. The zero-order valence-corrected chi connectivity index (χ0v) is 14.4. The number of amides is 1. The summed E-state index contributed by atoms with van der Waals surface area (Å²) in [5.74, 6) is -0.325. The second-order valence-electron chi connectivity index (χ2n) is 5.94. The molecule has 2 rings (SSSR count). The Hall–Kier alpha value is -1.56. The molecule has 3 nitrogen and oxygen atoms in total. The topological polar surface area (TPSA) is 49.3 Å². The second kappa shape index (κ2) is 6.05. The summed E-state index contributed by atoms with van der Waals surface area (Å²) in [5.41, 5.74) is 2.28. The molecule has 2 aromatic rings. The van der Waals surface area contributed by atoms with Crippen LogP contribution in [0.15, 0.2) is 42.5 Å². The summed E-state index contributed by atoms with van der Waals surface area (Å²) >= 11 is 2.11. The molecule has 2 N–H and O–H groups in total. The van der Waals surface area contributed by atoms with E-state index in [9.17, 15) is 9.90 Å². The highest BCUT2D eigenvalue weighted by Gasteiger charge is 2.14. The van der Waals surface area contributed by atoms with Crippen LogP contribution < -0.4 is 5.32 Å². The lowest BCUT2D eigenvalue weighted by atomic mass is 9.87. The number of anilines is 1. The number of aromatic hydroxyl groups is 1. The third-order valence-corrected chi connectivity index (χ3v) is 3.88. The molecule has 0 atom stereocenters. The summed E-state index contributed by atoms with van der Waals surface area (Å²) in [7, 11) is 0. The zero-order valence-electron chi connectivity index (χ0n) is 12.3. The molecule has 0 aliphatic carbocycles. The Balaban J connectivity index is 2.18. The number of nitrogens with one attached hydrogen (secondary N) is 1. The predicted octanol–water partition coefficient (Wildman–Crippen LogP) is 4.55. The van der Waals surface area contributed by atoms with Crippen LogP contribution in [-0.4, -0.2) is 11.0 Å². The van der Waals surface area contributed by atoms with E-state index in [0.29, 0.717) is 5.69 Å². The van der Waals surface area contributed by atoms with E-state index >= 15 is 0 Å². The van der Waals surface area contributed by atoms with Gasteiger partial charge in [0, 0.05) is 9.26 Å². The number of hydrogen-bond acceptors (Lipinski definition) is 2. The fourth-order valence-electron chi connectivity index (χ4n) is 1.94. The van der Waals surface area contributed by atoms with Gasteiger partial charge in [-0.15, -0.1) is 0 Å². The average Bonchev–Trinajstić information content (AvgIpc) is 2.41. The maximum absolute atomic E-state index is 12.2. The van der Waals surface area contributed by atoms with Gasteiger partial charge in [-0.3, -0.25) is 4.79 Å². The molecule has 0 unspecified atom stereocenters. The van der Waals surface area contributed by atoms with Gasteiger partial charge in [0.1, 0.15) is 5.75 Å². The number of rotatable bonds is 2. The first-order chi connectivity index (χ1) is 9.77. The van der Waals surface area contributed by atoms with Gasteiger partial charge < -0.3 is 10.4 Å². The Morgan fingerprint density at radius 2 is 1.71 bits per heavy atom. The molecule has 21 heavy (non-hydrogen) atoms. The number of phenols is 1. The Kier molecular flexibility index (Phi) is 4.56. The lowest BCUT2D eigenvalue weighted by molar-refractivity contribution is 0.102. The molecule has 2 aromatic carbocycles. The van der Waals surface area contributed by atoms with Crippen molar-refractivity contribution in [3.8, 4) is 5.75 Å². The number of phenolic OH excluding ortho intramolecular Hbond substituents is 1. The van der Waals surface area contributed by atoms with Gasteiger partial charge in [0.05, 0.1) is 5.56 Å². The zero-order chi connectivity index (χ0) is 15.6. The molecule has 0 aromatic heterocycles. The van der Waals surface area contributed by atoms with E-state index in [0.717, 1.165) is 3.57 Å². The average molecular weight is 395 g/mol. The van der Waals surface area contributed by atoms with Crippen molar-refractivity contribution < 1.29 is 9.90 Å². The summed E-state index contributed by atoms with van der Waals surface area (Å²) < 4.78 is 0.902. The van der Waals surface area contributed by atoms with Crippen molar-refractivity contribution in [2.24, 2.45) is 0 Å². The molecule has 0 saturated carbocycles. The van der Waals surface area contributed by atoms with Crippen molar-refractivity contribution in [2.75, 3.05) is 5.32 Å². The molecule has 0 heterocycles. The van der Waals surface area contributed by atoms with Crippen LogP contribution in [0, 0.1) is 3.57 Å². The molecule has 0 fully saturated rings. The van der Waals surface area contributed by atoms with Crippen molar-refractivity contribution in [1.29, 1.82) is 0 Å². The van der Waals surface area contributed by atoms with E-state index in [1.165, 1.54) is 11.6 Å². The first-order valence-electron chi connectivity index (χ1n) is 6.68. The van der Waals surface area contributed by atoms with E-state index < -0.39 is 0 Å². The molecule has 0 spiro atoms. The minimum Gasteiger partial charge on any atom is -0.507 e. The van der Waals surface area contributed by atoms with Gasteiger partial charge in [0.25, 0.3) is 5.91 Å². The maximum atomic E-state index is 12.2. The Morgan fingerprint density at radius 3 is 2.29 bits per heavy atom. The van der Waals surface area contributed by atoms with Gasteiger partial charge in [0.2, 0.25) is 0 Å². The number of hydrogen-bond donors (Lipinski definition) is 2. The molecule has 1 amide bonds. The third kappa shape index (κ3) is 3.97. The van der Waals surface area contributed by atoms with Gasteiger partial charge >= 0.3 is 0 Å². The third-order valence-electron chi connectivity index (χ3n) is 3.21. The van der Waals surface area contributed by atoms with Crippen molar-refractivity contribution in [3.63, 3.8) is 0 Å². The fraction of sp³-hybridized carbons (Fsp3) is 0.235. The van der Waals surface area contributed by atoms with E-state index in [4.69, 9.17) is 0 Å². The number of halogens is 1. The molecule has 0 saturated heterocycles. The van der Waals surface area contributed by atoms with Crippen molar-refractivity contribution in [2.45, 2.75) is 26.2 Å². The highest BCUT2D eigenvalue weighted by Crippen LogP contribution is 2.25. The molecule has 4 heteroatoms. The maximum Gasteiger partial charge on any atom is 0.259 e. The quantitative estimate of drug-likeness (QED) is 0.734. The van der Waals surface area contributed by atoms with Gasteiger partial charge in [0.15, 0.2) is 0 Å². The molecule has 0 bridgehead atoms. The molecule has 0 aliphatic heterocycles. The Labute approximate surface area is 138 Å². The van der Waals surface area contributed by atoms with Crippen LogP contribution in [0.25, 0.3) is 0 Å². The number of carbonyl (C=O) groups is 1. The van der Waals surface area contributed by atoms with Crippen molar-refractivity contribution in [3.05, 3.63) is 57.2 Å². The normalized spacial score (nSPS) is 11.2. The van der Waals surface area contributed by atoms with Crippen molar-refractivity contribution in [1.82, 2.24) is 0 Å². The lowest BCUT2D eigenvalue weighted by Crippen LogP contribution is -2.14. The van der Waals surface area contributed by atoms with E-state index in [2.05, 4.69) is 48.7 Å². The minimum absolute atomic E-state index is 0.0146. The van der Waals surface area contributed by atoms with E-state index in [1.54, 1.807) is 12.1 Å². The summed E-state index contributed by atoms with van der Waals surface area (Å²) in [6, 6.07) is 12.7. The summed E-state index contributed by atoms with van der Waals surface area (Å²) in [6.07, 6.45) is 0. The number of carbonyl (C=O) groups excluding carboxylic acids is 1. The smallest absolute Gasteiger partial charge is 0.259 e. The first kappa shape index (κ1) is 15.8. The van der Waals surface area contributed by atoms with Gasteiger partial charge in [-0.1, -0.05) is 32.9 Å². The van der Waals surface area contributed by atoms with E-state index in [1.807, 2.05) is 24.3 Å². The highest BCUT2D eigenvalue weighted by molar-refractivity contribution is 14.1. The van der Waals surface area contributed by atoms with Gasteiger partial charge in [-0.05, 0) is 63.9 Å². The van der Waals surface area contributed by atoms with E-state index in [-0.39, 0.29) is 22.6 Å².